The fourth-order valence-corrected chi connectivity index (χ4v) is 3.16. The van der Waals surface area contributed by atoms with Crippen LogP contribution >= 0.6 is 15.9 Å². The van der Waals surface area contributed by atoms with E-state index in [1.54, 1.807) is 0 Å². The van der Waals surface area contributed by atoms with Crippen molar-refractivity contribution in [2.24, 2.45) is 5.73 Å². The van der Waals surface area contributed by atoms with E-state index in [-0.39, 0.29) is 5.54 Å². The Hall–Kier alpha value is -0.740. The number of ether oxygens (including phenoxy) is 2. The van der Waals surface area contributed by atoms with Crippen molar-refractivity contribution >= 4 is 15.9 Å². The van der Waals surface area contributed by atoms with Crippen LogP contribution in [0.5, 0.6) is 11.5 Å². The third-order valence-corrected chi connectivity index (χ3v) is 4.32. The standard InChI is InChI=1S/C14H18BrNO2/c1-8(2)11-9(6-14(16)3-4-14)5-10(15)12-13(11)18-7-17-12/h5,8H,3-4,6-7,16H2,1-2H3. The second-order valence-corrected chi connectivity index (χ2v) is 6.54. The summed E-state index contributed by atoms with van der Waals surface area (Å²) >= 11 is 3.56. The normalized spacial score (nSPS) is 19.4. The number of rotatable bonds is 3. The third kappa shape index (κ3) is 2.01. The molecule has 0 saturated heterocycles. The average molecular weight is 312 g/mol. The summed E-state index contributed by atoms with van der Waals surface area (Å²) < 4.78 is 12.1. The third-order valence-electron chi connectivity index (χ3n) is 3.73. The van der Waals surface area contributed by atoms with Crippen LogP contribution in [0.15, 0.2) is 10.5 Å². The smallest absolute Gasteiger partial charge is 0.231 e. The predicted molar refractivity (Wildman–Crippen MR) is 74.2 cm³/mol. The van der Waals surface area contributed by atoms with Crippen LogP contribution in [0.1, 0.15) is 43.7 Å². The van der Waals surface area contributed by atoms with Gasteiger partial charge in [-0.05, 0) is 52.7 Å². The molecule has 0 spiro atoms. The van der Waals surface area contributed by atoms with E-state index in [1.807, 2.05) is 0 Å². The molecule has 0 atom stereocenters. The zero-order valence-electron chi connectivity index (χ0n) is 10.8. The Morgan fingerprint density at radius 2 is 2.00 bits per heavy atom. The van der Waals surface area contributed by atoms with Crippen molar-refractivity contribution in [3.05, 3.63) is 21.7 Å². The van der Waals surface area contributed by atoms with Crippen LogP contribution < -0.4 is 15.2 Å². The molecule has 3 rings (SSSR count). The molecule has 0 aromatic heterocycles. The fourth-order valence-electron chi connectivity index (χ4n) is 2.59. The van der Waals surface area contributed by atoms with Gasteiger partial charge in [-0.15, -0.1) is 0 Å². The van der Waals surface area contributed by atoms with Gasteiger partial charge in [-0.25, -0.2) is 0 Å². The van der Waals surface area contributed by atoms with Gasteiger partial charge in [0, 0.05) is 11.1 Å². The maximum Gasteiger partial charge on any atom is 0.231 e. The summed E-state index contributed by atoms with van der Waals surface area (Å²) in [4.78, 5) is 0. The minimum atomic E-state index is 0.0107. The lowest BCUT2D eigenvalue weighted by atomic mass is 9.91. The Morgan fingerprint density at radius 1 is 1.33 bits per heavy atom. The summed E-state index contributed by atoms with van der Waals surface area (Å²) in [6.07, 6.45) is 3.17. The highest BCUT2D eigenvalue weighted by Gasteiger charge is 2.39. The quantitative estimate of drug-likeness (QED) is 0.931. The first-order chi connectivity index (χ1) is 8.50. The lowest BCUT2D eigenvalue weighted by Crippen LogP contribution is -2.25. The molecule has 1 saturated carbocycles. The molecule has 2 aliphatic rings. The Bertz CT molecular complexity index is 495. The highest BCUT2D eigenvalue weighted by molar-refractivity contribution is 9.10. The lowest BCUT2D eigenvalue weighted by Gasteiger charge is -2.19. The number of fused-ring (bicyclic) bond motifs is 1. The zero-order chi connectivity index (χ0) is 12.9. The van der Waals surface area contributed by atoms with Gasteiger partial charge in [0.2, 0.25) is 6.79 Å². The molecule has 18 heavy (non-hydrogen) atoms. The van der Waals surface area contributed by atoms with Gasteiger partial charge in [0.1, 0.15) is 0 Å². The van der Waals surface area contributed by atoms with E-state index in [1.165, 1.54) is 11.1 Å². The molecule has 0 unspecified atom stereocenters. The first-order valence-electron chi connectivity index (χ1n) is 6.40. The van der Waals surface area contributed by atoms with Crippen LogP contribution in [-0.4, -0.2) is 12.3 Å². The maximum absolute atomic E-state index is 6.26. The van der Waals surface area contributed by atoms with Gasteiger partial charge in [-0.2, -0.15) is 0 Å². The van der Waals surface area contributed by atoms with Crippen molar-refractivity contribution in [3.63, 3.8) is 0 Å². The highest BCUT2D eigenvalue weighted by atomic mass is 79.9. The summed E-state index contributed by atoms with van der Waals surface area (Å²) in [6, 6.07) is 2.15. The molecule has 1 aromatic carbocycles. The molecule has 4 heteroatoms. The molecule has 0 amide bonds. The lowest BCUT2D eigenvalue weighted by molar-refractivity contribution is 0.172. The number of benzene rings is 1. The first kappa shape index (κ1) is 12.3. The Labute approximate surface area is 116 Å². The van der Waals surface area contributed by atoms with Crippen molar-refractivity contribution < 1.29 is 9.47 Å². The summed E-state index contributed by atoms with van der Waals surface area (Å²) in [5, 5.41) is 0. The number of nitrogens with two attached hydrogens (primary N) is 1. The van der Waals surface area contributed by atoms with Gasteiger partial charge < -0.3 is 15.2 Å². The second-order valence-electron chi connectivity index (χ2n) is 5.69. The van der Waals surface area contributed by atoms with E-state index in [4.69, 9.17) is 15.2 Å². The van der Waals surface area contributed by atoms with Crippen LogP contribution in [-0.2, 0) is 6.42 Å². The van der Waals surface area contributed by atoms with E-state index in [9.17, 15) is 0 Å². The molecule has 1 aromatic rings. The molecule has 1 aliphatic heterocycles. The Balaban J connectivity index is 2.09. The van der Waals surface area contributed by atoms with Crippen molar-refractivity contribution in [2.45, 2.75) is 44.6 Å². The van der Waals surface area contributed by atoms with Gasteiger partial charge in [0.25, 0.3) is 0 Å². The minimum absolute atomic E-state index is 0.0107. The maximum atomic E-state index is 6.26. The van der Waals surface area contributed by atoms with Gasteiger partial charge in [-0.3, -0.25) is 0 Å². The monoisotopic (exact) mass is 311 g/mol. The molecular formula is C14H18BrNO2. The number of hydrogen-bond donors (Lipinski definition) is 1. The fraction of sp³-hybridized carbons (Fsp3) is 0.571. The molecular weight excluding hydrogens is 294 g/mol. The van der Waals surface area contributed by atoms with Gasteiger partial charge >= 0.3 is 0 Å². The predicted octanol–water partition coefficient (Wildman–Crippen LogP) is 3.34. The molecule has 1 aliphatic carbocycles. The molecule has 0 radical (unpaired) electrons. The first-order valence-corrected chi connectivity index (χ1v) is 7.19. The van der Waals surface area contributed by atoms with E-state index >= 15 is 0 Å². The number of hydrogen-bond acceptors (Lipinski definition) is 3. The van der Waals surface area contributed by atoms with Crippen molar-refractivity contribution in [3.8, 4) is 11.5 Å². The van der Waals surface area contributed by atoms with Gasteiger partial charge in [0.05, 0.1) is 4.47 Å². The van der Waals surface area contributed by atoms with Gasteiger partial charge in [-0.1, -0.05) is 13.8 Å². The van der Waals surface area contributed by atoms with Crippen LogP contribution in [0.25, 0.3) is 0 Å². The van der Waals surface area contributed by atoms with Gasteiger partial charge in [0.15, 0.2) is 11.5 Å². The van der Waals surface area contributed by atoms with Crippen LogP contribution in [0.3, 0.4) is 0 Å². The number of halogens is 1. The van der Waals surface area contributed by atoms with E-state index in [0.717, 1.165) is 35.2 Å². The van der Waals surface area contributed by atoms with Crippen LogP contribution in [0, 0.1) is 0 Å². The van der Waals surface area contributed by atoms with E-state index in [0.29, 0.717) is 12.7 Å². The molecule has 1 heterocycles. The van der Waals surface area contributed by atoms with E-state index in [2.05, 4.69) is 35.8 Å². The molecule has 3 nitrogen and oxygen atoms in total. The summed E-state index contributed by atoms with van der Waals surface area (Å²) in [7, 11) is 0. The zero-order valence-corrected chi connectivity index (χ0v) is 12.3. The van der Waals surface area contributed by atoms with Crippen LogP contribution in [0.4, 0.5) is 0 Å². The minimum Gasteiger partial charge on any atom is -0.453 e. The summed E-state index contributed by atoms with van der Waals surface area (Å²) in [6.45, 7) is 4.68. The molecule has 98 valence electrons. The highest BCUT2D eigenvalue weighted by Crippen LogP contribution is 2.48. The topological polar surface area (TPSA) is 44.5 Å². The largest absolute Gasteiger partial charge is 0.453 e. The second kappa shape index (κ2) is 4.14. The molecule has 0 bridgehead atoms. The Kier molecular flexibility index (Phi) is 2.83. The molecule has 2 N–H and O–H groups in total. The van der Waals surface area contributed by atoms with Crippen molar-refractivity contribution in [1.29, 1.82) is 0 Å². The van der Waals surface area contributed by atoms with E-state index < -0.39 is 0 Å². The SMILES string of the molecule is CC(C)c1c(CC2(N)CC2)cc(Br)c2c1OCO2. The summed E-state index contributed by atoms with van der Waals surface area (Å²) in [5.41, 5.74) is 8.81. The van der Waals surface area contributed by atoms with Crippen LogP contribution in [0.2, 0.25) is 0 Å². The Morgan fingerprint density at radius 3 is 2.61 bits per heavy atom. The average Bonchev–Trinajstić information content (AvgIpc) is 2.82. The van der Waals surface area contributed by atoms with Crippen molar-refractivity contribution in [1.82, 2.24) is 0 Å². The van der Waals surface area contributed by atoms with Crippen molar-refractivity contribution in [2.75, 3.05) is 6.79 Å². The molecule has 1 fully saturated rings. The summed E-state index contributed by atoms with van der Waals surface area (Å²) in [5.74, 6) is 2.15.